The molecule has 0 radical (unpaired) electrons. The maximum Gasteiger partial charge on any atom is 0.234 e. The Kier molecular flexibility index (Phi) is 5.41. The van der Waals surface area contributed by atoms with Gasteiger partial charge in [-0.05, 0) is 37.9 Å². The number of benzene rings is 1. The van der Waals surface area contributed by atoms with E-state index in [0.29, 0.717) is 13.1 Å². The zero-order valence-electron chi connectivity index (χ0n) is 12.4. The fourth-order valence-corrected chi connectivity index (χ4v) is 2.52. The number of hydrogen-bond acceptors (Lipinski definition) is 3. The Morgan fingerprint density at radius 2 is 2.05 bits per heavy atom. The third kappa shape index (κ3) is 4.23. The summed E-state index contributed by atoms with van der Waals surface area (Å²) in [4.78, 5) is 14.2. The van der Waals surface area contributed by atoms with Crippen LogP contribution in [0.3, 0.4) is 0 Å². The van der Waals surface area contributed by atoms with Gasteiger partial charge in [0.1, 0.15) is 5.75 Å². The van der Waals surface area contributed by atoms with Crippen LogP contribution in [0.15, 0.2) is 24.3 Å². The van der Waals surface area contributed by atoms with Crippen LogP contribution in [0.25, 0.3) is 0 Å². The highest BCUT2D eigenvalue weighted by Gasteiger charge is 2.17. The maximum absolute atomic E-state index is 12.0. The number of carbonyl (C=O) groups is 1. The third-order valence-corrected chi connectivity index (χ3v) is 3.91. The van der Waals surface area contributed by atoms with Gasteiger partial charge in [-0.25, -0.2) is 0 Å². The molecule has 1 aromatic rings. The second-order valence-electron chi connectivity index (χ2n) is 5.55. The lowest BCUT2D eigenvalue weighted by Gasteiger charge is -2.29. The van der Waals surface area contributed by atoms with Crippen molar-refractivity contribution in [2.45, 2.75) is 26.3 Å². The monoisotopic (exact) mass is 276 g/mol. The van der Waals surface area contributed by atoms with Crippen molar-refractivity contribution < 1.29 is 9.53 Å². The van der Waals surface area contributed by atoms with Gasteiger partial charge in [-0.3, -0.25) is 9.69 Å². The molecule has 0 saturated carbocycles. The number of methoxy groups -OCH3 is 1. The SMILES string of the molecule is COc1ccccc1CNC(=O)CN1CCC(C)CC1. The minimum atomic E-state index is 0.0884. The van der Waals surface area contributed by atoms with Crippen LogP contribution >= 0.6 is 0 Å². The van der Waals surface area contributed by atoms with Crippen molar-refractivity contribution >= 4 is 5.91 Å². The van der Waals surface area contributed by atoms with E-state index in [0.717, 1.165) is 30.3 Å². The van der Waals surface area contributed by atoms with Gasteiger partial charge in [0.25, 0.3) is 0 Å². The fraction of sp³-hybridized carbons (Fsp3) is 0.562. The van der Waals surface area contributed by atoms with Gasteiger partial charge in [0, 0.05) is 12.1 Å². The molecule has 1 N–H and O–H groups in total. The van der Waals surface area contributed by atoms with E-state index < -0.39 is 0 Å². The van der Waals surface area contributed by atoms with E-state index in [1.807, 2.05) is 24.3 Å². The summed E-state index contributed by atoms with van der Waals surface area (Å²) in [6.07, 6.45) is 2.39. The fourth-order valence-electron chi connectivity index (χ4n) is 2.52. The summed E-state index contributed by atoms with van der Waals surface area (Å²) < 4.78 is 5.28. The molecule has 1 aliphatic heterocycles. The highest BCUT2D eigenvalue weighted by atomic mass is 16.5. The van der Waals surface area contributed by atoms with Crippen molar-refractivity contribution in [1.82, 2.24) is 10.2 Å². The molecule has 0 aromatic heterocycles. The number of likely N-dealkylation sites (tertiary alicyclic amines) is 1. The lowest BCUT2D eigenvalue weighted by atomic mass is 9.99. The first-order chi connectivity index (χ1) is 9.69. The van der Waals surface area contributed by atoms with Gasteiger partial charge in [-0.15, -0.1) is 0 Å². The molecule has 4 heteroatoms. The number of amides is 1. The summed E-state index contributed by atoms with van der Waals surface area (Å²) in [5, 5.41) is 2.97. The Labute approximate surface area is 121 Å². The van der Waals surface area contributed by atoms with Gasteiger partial charge in [0.2, 0.25) is 5.91 Å². The van der Waals surface area contributed by atoms with Crippen molar-refractivity contribution in [3.63, 3.8) is 0 Å². The van der Waals surface area contributed by atoms with Crippen molar-refractivity contribution in [3.05, 3.63) is 29.8 Å². The van der Waals surface area contributed by atoms with Gasteiger partial charge in [0.15, 0.2) is 0 Å². The number of nitrogens with one attached hydrogen (secondary N) is 1. The van der Waals surface area contributed by atoms with Crippen LogP contribution in [0.4, 0.5) is 0 Å². The minimum absolute atomic E-state index is 0.0884. The Hall–Kier alpha value is -1.55. The highest BCUT2D eigenvalue weighted by molar-refractivity contribution is 5.78. The first kappa shape index (κ1) is 14.9. The summed E-state index contributed by atoms with van der Waals surface area (Å²) in [5.41, 5.74) is 1.01. The van der Waals surface area contributed by atoms with E-state index in [2.05, 4.69) is 17.1 Å². The first-order valence-electron chi connectivity index (χ1n) is 7.30. The second-order valence-corrected chi connectivity index (χ2v) is 5.55. The standard InChI is InChI=1S/C16H24N2O2/c1-13-7-9-18(10-8-13)12-16(19)17-11-14-5-3-4-6-15(14)20-2/h3-6,13H,7-12H2,1-2H3,(H,17,19). The molecular weight excluding hydrogens is 252 g/mol. The topological polar surface area (TPSA) is 41.6 Å². The van der Waals surface area contributed by atoms with Gasteiger partial charge in [0.05, 0.1) is 13.7 Å². The summed E-state index contributed by atoms with van der Waals surface area (Å²) >= 11 is 0. The molecule has 1 fully saturated rings. The van der Waals surface area contributed by atoms with E-state index >= 15 is 0 Å². The Balaban J connectivity index is 1.77. The molecule has 1 saturated heterocycles. The molecule has 0 atom stereocenters. The average molecular weight is 276 g/mol. The summed E-state index contributed by atoms with van der Waals surface area (Å²) in [6.45, 7) is 5.36. The normalized spacial score (nSPS) is 16.9. The second kappa shape index (κ2) is 7.29. The largest absolute Gasteiger partial charge is 0.496 e. The molecule has 1 heterocycles. The Morgan fingerprint density at radius 1 is 1.35 bits per heavy atom. The van der Waals surface area contributed by atoms with Crippen LogP contribution in [0.2, 0.25) is 0 Å². The van der Waals surface area contributed by atoms with E-state index in [1.165, 1.54) is 12.8 Å². The molecular formula is C16H24N2O2. The molecule has 20 heavy (non-hydrogen) atoms. The van der Waals surface area contributed by atoms with Crippen molar-refractivity contribution in [2.24, 2.45) is 5.92 Å². The molecule has 0 unspecified atom stereocenters. The molecule has 0 aliphatic carbocycles. The van der Waals surface area contributed by atoms with Crippen molar-refractivity contribution in [3.8, 4) is 5.75 Å². The number of piperidine rings is 1. The first-order valence-corrected chi connectivity index (χ1v) is 7.30. The smallest absolute Gasteiger partial charge is 0.234 e. The number of ether oxygens (including phenoxy) is 1. The predicted molar refractivity (Wildman–Crippen MR) is 79.7 cm³/mol. The molecule has 2 rings (SSSR count). The van der Waals surface area contributed by atoms with Crippen LogP contribution in [0.1, 0.15) is 25.3 Å². The number of nitrogens with zero attached hydrogens (tertiary/aromatic N) is 1. The maximum atomic E-state index is 12.0. The lowest BCUT2D eigenvalue weighted by molar-refractivity contribution is -0.122. The molecule has 110 valence electrons. The van der Waals surface area contributed by atoms with Gasteiger partial charge >= 0.3 is 0 Å². The van der Waals surface area contributed by atoms with Crippen LogP contribution in [0.5, 0.6) is 5.75 Å². The van der Waals surface area contributed by atoms with Gasteiger partial charge < -0.3 is 10.1 Å². The van der Waals surface area contributed by atoms with E-state index in [4.69, 9.17) is 4.74 Å². The number of carbonyl (C=O) groups excluding carboxylic acids is 1. The molecule has 0 spiro atoms. The molecule has 1 amide bonds. The zero-order valence-corrected chi connectivity index (χ0v) is 12.4. The average Bonchev–Trinajstić information content (AvgIpc) is 2.48. The highest BCUT2D eigenvalue weighted by Crippen LogP contribution is 2.17. The quantitative estimate of drug-likeness (QED) is 0.895. The summed E-state index contributed by atoms with van der Waals surface area (Å²) in [6, 6.07) is 7.77. The van der Waals surface area contributed by atoms with Gasteiger partial charge in [-0.2, -0.15) is 0 Å². The van der Waals surface area contributed by atoms with Crippen LogP contribution < -0.4 is 10.1 Å². The number of hydrogen-bond donors (Lipinski definition) is 1. The van der Waals surface area contributed by atoms with E-state index in [1.54, 1.807) is 7.11 Å². The predicted octanol–water partition coefficient (Wildman–Crippen LogP) is 2.04. The zero-order chi connectivity index (χ0) is 14.4. The van der Waals surface area contributed by atoms with Gasteiger partial charge in [-0.1, -0.05) is 25.1 Å². The summed E-state index contributed by atoms with van der Waals surface area (Å²) in [7, 11) is 1.65. The molecule has 4 nitrogen and oxygen atoms in total. The van der Waals surface area contributed by atoms with E-state index in [9.17, 15) is 4.79 Å². The van der Waals surface area contributed by atoms with Crippen LogP contribution in [-0.2, 0) is 11.3 Å². The van der Waals surface area contributed by atoms with Crippen LogP contribution in [-0.4, -0.2) is 37.6 Å². The Bertz CT molecular complexity index is 440. The Morgan fingerprint density at radius 3 is 2.75 bits per heavy atom. The minimum Gasteiger partial charge on any atom is -0.496 e. The lowest BCUT2D eigenvalue weighted by Crippen LogP contribution is -2.41. The molecule has 1 aliphatic rings. The van der Waals surface area contributed by atoms with Crippen LogP contribution in [0, 0.1) is 5.92 Å². The molecule has 0 bridgehead atoms. The number of para-hydroxylation sites is 1. The van der Waals surface area contributed by atoms with Crippen molar-refractivity contribution in [1.29, 1.82) is 0 Å². The molecule has 1 aromatic carbocycles. The third-order valence-electron chi connectivity index (χ3n) is 3.91. The number of rotatable bonds is 5. The van der Waals surface area contributed by atoms with E-state index in [-0.39, 0.29) is 5.91 Å². The van der Waals surface area contributed by atoms with Crippen molar-refractivity contribution in [2.75, 3.05) is 26.7 Å². The summed E-state index contributed by atoms with van der Waals surface area (Å²) in [5.74, 6) is 1.70.